The Bertz CT molecular complexity index is 937. The second-order valence-electron chi connectivity index (χ2n) is 7.83. The van der Waals surface area contributed by atoms with Gasteiger partial charge in [0, 0.05) is 41.8 Å². The SMILES string of the molecule is CCc1ccccc1NC(=O)CN(C)C(=O)C1CCN(C(=O)c2ccc(Br)cc2)CC1. The molecule has 164 valence electrons. The highest BCUT2D eigenvalue weighted by molar-refractivity contribution is 9.10. The van der Waals surface area contributed by atoms with Crippen molar-refractivity contribution in [2.24, 2.45) is 5.92 Å². The number of nitrogens with zero attached hydrogens (tertiary/aromatic N) is 2. The van der Waals surface area contributed by atoms with E-state index in [2.05, 4.69) is 21.2 Å². The molecule has 1 N–H and O–H groups in total. The minimum Gasteiger partial charge on any atom is -0.339 e. The van der Waals surface area contributed by atoms with E-state index in [1.807, 2.05) is 43.3 Å². The number of piperidine rings is 1. The Hall–Kier alpha value is -2.67. The first-order chi connectivity index (χ1) is 14.9. The Morgan fingerprint density at radius 1 is 1.06 bits per heavy atom. The van der Waals surface area contributed by atoms with Gasteiger partial charge < -0.3 is 15.1 Å². The van der Waals surface area contributed by atoms with Crippen molar-refractivity contribution in [3.05, 3.63) is 64.1 Å². The maximum atomic E-state index is 12.8. The van der Waals surface area contributed by atoms with Gasteiger partial charge in [0.2, 0.25) is 11.8 Å². The number of nitrogens with one attached hydrogen (secondary N) is 1. The van der Waals surface area contributed by atoms with Gasteiger partial charge in [0.1, 0.15) is 0 Å². The lowest BCUT2D eigenvalue weighted by Gasteiger charge is -2.33. The van der Waals surface area contributed by atoms with Crippen LogP contribution in [0.4, 0.5) is 5.69 Å². The molecule has 6 nitrogen and oxygen atoms in total. The van der Waals surface area contributed by atoms with Gasteiger partial charge in [0.25, 0.3) is 5.91 Å². The predicted molar refractivity (Wildman–Crippen MR) is 125 cm³/mol. The van der Waals surface area contributed by atoms with Gasteiger partial charge in [-0.1, -0.05) is 41.1 Å². The van der Waals surface area contributed by atoms with E-state index in [0.29, 0.717) is 31.5 Å². The molecule has 0 spiro atoms. The van der Waals surface area contributed by atoms with Crippen molar-refractivity contribution in [3.63, 3.8) is 0 Å². The summed E-state index contributed by atoms with van der Waals surface area (Å²) in [6.45, 7) is 3.12. The summed E-state index contributed by atoms with van der Waals surface area (Å²) in [5, 5.41) is 2.91. The third-order valence-electron chi connectivity index (χ3n) is 5.65. The molecule has 0 bridgehead atoms. The van der Waals surface area contributed by atoms with Gasteiger partial charge in [-0.05, 0) is 55.2 Å². The van der Waals surface area contributed by atoms with Crippen molar-refractivity contribution in [3.8, 4) is 0 Å². The maximum Gasteiger partial charge on any atom is 0.253 e. The van der Waals surface area contributed by atoms with Crippen LogP contribution in [0.3, 0.4) is 0 Å². The highest BCUT2D eigenvalue weighted by Gasteiger charge is 2.30. The Kier molecular flexibility index (Phi) is 7.85. The summed E-state index contributed by atoms with van der Waals surface area (Å²) >= 11 is 3.37. The fourth-order valence-corrected chi connectivity index (χ4v) is 4.11. The number of likely N-dealkylation sites (tertiary alicyclic amines) is 1. The van der Waals surface area contributed by atoms with Crippen molar-refractivity contribution in [2.45, 2.75) is 26.2 Å². The molecule has 31 heavy (non-hydrogen) atoms. The molecule has 2 aromatic carbocycles. The van der Waals surface area contributed by atoms with E-state index in [-0.39, 0.29) is 30.2 Å². The van der Waals surface area contributed by atoms with Gasteiger partial charge in [-0.3, -0.25) is 14.4 Å². The number of benzene rings is 2. The zero-order valence-electron chi connectivity index (χ0n) is 17.9. The Morgan fingerprint density at radius 2 is 1.71 bits per heavy atom. The number of hydrogen-bond acceptors (Lipinski definition) is 3. The lowest BCUT2D eigenvalue weighted by atomic mass is 9.95. The molecule has 2 aromatic rings. The minimum atomic E-state index is -0.209. The van der Waals surface area contributed by atoms with Gasteiger partial charge in [0.05, 0.1) is 6.54 Å². The quantitative estimate of drug-likeness (QED) is 0.672. The molecule has 0 radical (unpaired) electrons. The van der Waals surface area contributed by atoms with Crippen LogP contribution < -0.4 is 5.32 Å². The van der Waals surface area contributed by atoms with Crippen LogP contribution in [0.5, 0.6) is 0 Å². The van der Waals surface area contributed by atoms with E-state index >= 15 is 0 Å². The number of hydrogen-bond donors (Lipinski definition) is 1. The molecule has 1 heterocycles. The maximum absolute atomic E-state index is 12.8. The van der Waals surface area contributed by atoms with Gasteiger partial charge in [0.15, 0.2) is 0 Å². The number of likely N-dealkylation sites (N-methyl/N-ethyl adjacent to an activating group) is 1. The Labute approximate surface area is 191 Å². The first-order valence-electron chi connectivity index (χ1n) is 10.6. The monoisotopic (exact) mass is 485 g/mol. The molecule has 1 fully saturated rings. The van der Waals surface area contributed by atoms with Crippen LogP contribution in [0, 0.1) is 5.92 Å². The van der Waals surface area contributed by atoms with E-state index in [1.165, 1.54) is 4.90 Å². The van der Waals surface area contributed by atoms with Crippen molar-refractivity contribution in [2.75, 3.05) is 32.0 Å². The summed E-state index contributed by atoms with van der Waals surface area (Å²) in [6.07, 6.45) is 2.03. The molecule has 3 rings (SSSR count). The molecular weight excluding hydrogens is 458 g/mol. The number of amides is 3. The largest absolute Gasteiger partial charge is 0.339 e. The second-order valence-corrected chi connectivity index (χ2v) is 8.74. The molecule has 0 unspecified atom stereocenters. The number of carbonyl (C=O) groups excluding carboxylic acids is 3. The number of rotatable bonds is 6. The molecule has 1 aliphatic rings. The van der Waals surface area contributed by atoms with E-state index in [0.717, 1.165) is 22.1 Å². The van der Waals surface area contributed by atoms with Crippen LogP contribution in [-0.4, -0.2) is 54.2 Å². The molecule has 0 aromatic heterocycles. The molecule has 1 aliphatic heterocycles. The lowest BCUT2D eigenvalue weighted by Crippen LogP contribution is -2.45. The van der Waals surface area contributed by atoms with Crippen molar-refractivity contribution >= 4 is 39.3 Å². The average Bonchev–Trinajstić information content (AvgIpc) is 2.79. The number of anilines is 1. The highest BCUT2D eigenvalue weighted by atomic mass is 79.9. The van der Waals surface area contributed by atoms with Gasteiger partial charge in [-0.2, -0.15) is 0 Å². The number of para-hydroxylation sites is 1. The van der Waals surface area contributed by atoms with Crippen LogP contribution in [0.25, 0.3) is 0 Å². The Morgan fingerprint density at radius 3 is 2.35 bits per heavy atom. The summed E-state index contributed by atoms with van der Waals surface area (Å²) in [6, 6.07) is 15.0. The van der Waals surface area contributed by atoms with Gasteiger partial charge in [-0.25, -0.2) is 0 Å². The minimum absolute atomic E-state index is 0.00885. The summed E-state index contributed by atoms with van der Waals surface area (Å²) in [4.78, 5) is 41.2. The van der Waals surface area contributed by atoms with Crippen LogP contribution >= 0.6 is 15.9 Å². The molecule has 3 amide bonds. The van der Waals surface area contributed by atoms with E-state index in [4.69, 9.17) is 0 Å². The zero-order chi connectivity index (χ0) is 22.4. The molecule has 0 aliphatic carbocycles. The smallest absolute Gasteiger partial charge is 0.253 e. The molecule has 1 saturated heterocycles. The molecular formula is C24H28BrN3O3. The molecule has 7 heteroatoms. The van der Waals surface area contributed by atoms with Gasteiger partial charge >= 0.3 is 0 Å². The van der Waals surface area contributed by atoms with Crippen LogP contribution in [0.15, 0.2) is 53.0 Å². The summed E-state index contributed by atoms with van der Waals surface area (Å²) < 4.78 is 0.929. The first kappa shape index (κ1) is 23.0. The van der Waals surface area contributed by atoms with Crippen LogP contribution in [0.2, 0.25) is 0 Å². The number of halogens is 1. The Balaban J connectivity index is 1.50. The first-order valence-corrected chi connectivity index (χ1v) is 11.4. The fourth-order valence-electron chi connectivity index (χ4n) is 3.85. The van der Waals surface area contributed by atoms with E-state index in [9.17, 15) is 14.4 Å². The van der Waals surface area contributed by atoms with Crippen LogP contribution in [0.1, 0.15) is 35.7 Å². The third kappa shape index (κ3) is 5.94. The predicted octanol–water partition coefficient (Wildman–Crippen LogP) is 3.96. The van der Waals surface area contributed by atoms with Crippen LogP contribution in [-0.2, 0) is 16.0 Å². The molecule has 0 atom stereocenters. The second kappa shape index (κ2) is 10.6. The molecule has 0 saturated carbocycles. The summed E-state index contributed by atoms with van der Waals surface area (Å²) in [5.74, 6) is -0.440. The normalized spacial score (nSPS) is 14.2. The van der Waals surface area contributed by atoms with E-state index < -0.39 is 0 Å². The number of aryl methyl sites for hydroxylation is 1. The standard InChI is InChI=1S/C24H28BrN3O3/c1-3-17-6-4-5-7-21(17)26-22(29)16-27(2)23(30)19-12-14-28(15-13-19)24(31)18-8-10-20(25)11-9-18/h4-11,19H,3,12-16H2,1-2H3,(H,26,29). The zero-order valence-corrected chi connectivity index (χ0v) is 19.5. The fraction of sp³-hybridized carbons (Fsp3) is 0.375. The van der Waals surface area contributed by atoms with Gasteiger partial charge in [-0.15, -0.1) is 0 Å². The highest BCUT2D eigenvalue weighted by Crippen LogP contribution is 2.22. The topological polar surface area (TPSA) is 69.7 Å². The van der Waals surface area contributed by atoms with Crippen molar-refractivity contribution < 1.29 is 14.4 Å². The van der Waals surface area contributed by atoms with Crippen molar-refractivity contribution in [1.29, 1.82) is 0 Å². The van der Waals surface area contributed by atoms with E-state index in [1.54, 1.807) is 24.1 Å². The lowest BCUT2D eigenvalue weighted by molar-refractivity contribution is -0.138. The number of carbonyl (C=O) groups is 3. The third-order valence-corrected chi connectivity index (χ3v) is 6.18. The van der Waals surface area contributed by atoms with Crippen molar-refractivity contribution in [1.82, 2.24) is 9.80 Å². The average molecular weight is 486 g/mol. The summed E-state index contributed by atoms with van der Waals surface area (Å²) in [5.41, 5.74) is 2.50. The summed E-state index contributed by atoms with van der Waals surface area (Å²) in [7, 11) is 1.66.